The first-order chi connectivity index (χ1) is 8.06. The van der Waals surface area contributed by atoms with Crippen LogP contribution in [0.1, 0.15) is 48.5 Å². The summed E-state index contributed by atoms with van der Waals surface area (Å²) in [5.74, 6) is 0.0960. The Bertz CT molecular complexity index is 430. The summed E-state index contributed by atoms with van der Waals surface area (Å²) in [5, 5.41) is 12.7. The molecule has 1 aliphatic carbocycles. The van der Waals surface area contributed by atoms with Crippen molar-refractivity contribution in [3.05, 3.63) is 29.3 Å². The molecule has 3 heteroatoms. The van der Waals surface area contributed by atoms with E-state index in [4.69, 9.17) is 0 Å². The summed E-state index contributed by atoms with van der Waals surface area (Å²) in [4.78, 5) is 12.1. The van der Waals surface area contributed by atoms with Crippen LogP contribution in [-0.4, -0.2) is 16.6 Å². The van der Waals surface area contributed by atoms with Crippen LogP contribution in [0, 0.1) is 6.92 Å². The molecule has 1 amide bonds. The zero-order valence-electron chi connectivity index (χ0n) is 10.4. The number of hydrogen-bond donors (Lipinski definition) is 2. The molecule has 0 heterocycles. The molecule has 0 unspecified atom stereocenters. The molecule has 3 nitrogen and oxygen atoms in total. The van der Waals surface area contributed by atoms with Crippen molar-refractivity contribution < 1.29 is 9.90 Å². The second kappa shape index (κ2) is 4.40. The van der Waals surface area contributed by atoms with Gasteiger partial charge in [0.25, 0.3) is 5.91 Å². The highest BCUT2D eigenvalue weighted by Crippen LogP contribution is 2.35. The van der Waals surface area contributed by atoms with Crippen molar-refractivity contribution in [2.24, 2.45) is 0 Å². The Morgan fingerprint density at radius 1 is 1.47 bits per heavy atom. The average Bonchev–Trinajstić information content (AvgIpc) is 2.27. The highest BCUT2D eigenvalue weighted by molar-refractivity contribution is 5.95. The van der Waals surface area contributed by atoms with Crippen molar-refractivity contribution in [2.45, 2.75) is 45.1 Å². The predicted molar refractivity (Wildman–Crippen MR) is 67.2 cm³/mol. The molecule has 2 N–H and O–H groups in total. The van der Waals surface area contributed by atoms with Crippen molar-refractivity contribution in [3.63, 3.8) is 0 Å². The summed E-state index contributed by atoms with van der Waals surface area (Å²) in [6, 6.07) is 5.06. The topological polar surface area (TPSA) is 49.3 Å². The van der Waals surface area contributed by atoms with Crippen molar-refractivity contribution in [1.82, 2.24) is 5.32 Å². The van der Waals surface area contributed by atoms with Gasteiger partial charge in [-0.2, -0.15) is 0 Å². The standard InChI is InChI=1S/C14H19NO2/c1-3-14(7-4-8-14)15-13(17)11-6-5-10(2)12(16)9-11/h5-6,9,16H,3-4,7-8H2,1-2H3,(H,15,17). The molecular weight excluding hydrogens is 214 g/mol. The van der Waals surface area contributed by atoms with Crippen LogP contribution in [0.15, 0.2) is 18.2 Å². The lowest BCUT2D eigenvalue weighted by atomic mass is 9.74. The lowest BCUT2D eigenvalue weighted by Crippen LogP contribution is -2.52. The predicted octanol–water partition coefficient (Wildman–Crippen LogP) is 2.76. The van der Waals surface area contributed by atoms with Gasteiger partial charge in [-0.25, -0.2) is 0 Å². The molecule has 0 atom stereocenters. The SMILES string of the molecule is CCC1(NC(=O)c2ccc(C)c(O)c2)CCC1. The second-order valence-electron chi connectivity index (χ2n) is 4.94. The highest BCUT2D eigenvalue weighted by atomic mass is 16.3. The van der Waals surface area contributed by atoms with E-state index in [2.05, 4.69) is 12.2 Å². The Kier molecular flexibility index (Phi) is 3.09. The third-order valence-corrected chi connectivity index (χ3v) is 3.84. The Labute approximate surface area is 102 Å². The summed E-state index contributed by atoms with van der Waals surface area (Å²) in [6.45, 7) is 3.92. The number of carbonyl (C=O) groups is 1. The summed E-state index contributed by atoms with van der Waals surface area (Å²) in [7, 11) is 0. The van der Waals surface area contributed by atoms with Gasteiger partial charge in [0.15, 0.2) is 0 Å². The molecule has 0 radical (unpaired) electrons. The summed E-state index contributed by atoms with van der Waals surface area (Å²) < 4.78 is 0. The van der Waals surface area contributed by atoms with Crippen molar-refractivity contribution in [1.29, 1.82) is 0 Å². The van der Waals surface area contributed by atoms with Gasteiger partial charge in [-0.05, 0) is 50.3 Å². The van der Waals surface area contributed by atoms with Gasteiger partial charge in [-0.1, -0.05) is 13.0 Å². The maximum atomic E-state index is 12.1. The zero-order chi connectivity index (χ0) is 12.5. The van der Waals surface area contributed by atoms with Crippen molar-refractivity contribution in [2.75, 3.05) is 0 Å². The van der Waals surface area contributed by atoms with E-state index in [9.17, 15) is 9.90 Å². The molecule has 1 saturated carbocycles. The first kappa shape index (κ1) is 12.0. The first-order valence-corrected chi connectivity index (χ1v) is 6.18. The van der Waals surface area contributed by atoms with Gasteiger partial charge in [-0.3, -0.25) is 4.79 Å². The molecule has 0 saturated heterocycles. The fraction of sp³-hybridized carbons (Fsp3) is 0.500. The van der Waals surface area contributed by atoms with Crippen LogP contribution >= 0.6 is 0 Å². The number of nitrogens with one attached hydrogen (secondary N) is 1. The molecule has 0 aliphatic heterocycles. The lowest BCUT2D eigenvalue weighted by molar-refractivity contribution is 0.0820. The molecule has 1 aromatic carbocycles. The van der Waals surface area contributed by atoms with Crippen LogP contribution in [0.25, 0.3) is 0 Å². The van der Waals surface area contributed by atoms with E-state index in [-0.39, 0.29) is 17.2 Å². The van der Waals surface area contributed by atoms with Gasteiger partial charge < -0.3 is 10.4 Å². The van der Waals surface area contributed by atoms with E-state index in [1.807, 2.05) is 6.92 Å². The van der Waals surface area contributed by atoms with E-state index in [0.717, 1.165) is 24.8 Å². The minimum atomic E-state index is -0.0816. The van der Waals surface area contributed by atoms with Crippen LogP contribution in [-0.2, 0) is 0 Å². The first-order valence-electron chi connectivity index (χ1n) is 6.18. The number of hydrogen-bond acceptors (Lipinski definition) is 2. The van der Waals surface area contributed by atoms with Gasteiger partial charge >= 0.3 is 0 Å². The molecule has 1 aliphatic rings. The van der Waals surface area contributed by atoms with E-state index in [1.54, 1.807) is 12.1 Å². The van der Waals surface area contributed by atoms with Crippen molar-refractivity contribution >= 4 is 5.91 Å². The van der Waals surface area contributed by atoms with Gasteiger partial charge in [0, 0.05) is 11.1 Å². The number of phenols is 1. The Balaban J connectivity index is 2.11. The molecule has 1 fully saturated rings. The maximum absolute atomic E-state index is 12.1. The fourth-order valence-electron chi connectivity index (χ4n) is 2.23. The van der Waals surface area contributed by atoms with Crippen LogP contribution in [0.5, 0.6) is 5.75 Å². The minimum absolute atomic E-state index is 0.00239. The van der Waals surface area contributed by atoms with Crippen LogP contribution in [0.3, 0.4) is 0 Å². The summed E-state index contributed by atoms with van der Waals surface area (Å²) in [6.07, 6.45) is 4.28. The quantitative estimate of drug-likeness (QED) is 0.843. The monoisotopic (exact) mass is 233 g/mol. The number of aromatic hydroxyl groups is 1. The zero-order valence-corrected chi connectivity index (χ0v) is 10.4. The maximum Gasteiger partial charge on any atom is 0.251 e. The van der Waals surface area contributed by atoms with E-state index in [1.165, 1.54) is 12.5 Å². The Hall–Kier alpha value is -1.51. The minimum Gasteiger partial charge on any atom is -0.508 e. The molecule has 92 valence electrons. The fourth-order valence-corrected chi connectivity index (χ4v) is 2.23. The largest absolute Gasteiger partial charge is 0.508 e. The highest BCUT2D eigenvalue weighted by Gasteiger charge is 2.36. The number of amides is 1. The Morgan fingerprint density at radius 2 is 2.18 bits per heavy atom. The molecule has 0 bridgehead atoms. The van der Waals surface area contributed by atoms with E-state index < -0.39 is 0 Å². The average molecular weight is 233 g/mol. The van der Waals surface area contributed by atoms with Crippen LogP contribution in [0.4, 0.5) is 0 Å². The molecule has 17 heavy (non-hydrogen) atoms. The van der Waals surface area contributed by atoms with Gasteiger partial charge in [-0.15, -0.1) is 0 Å². The van der Waals surface area contributed by atoms with E-state index >= 15 is 0 Å². The number of aryl methyl sites for hydroxylation is 1. The summed E-state index contributed by atoms with van der Waals surface area (Å²) >= 11 is 0. The normalized spacial score (nSPS) is 17.3. The molecule has 2 rings (SSSR count). The number of rotatable bonds is 3. The van der Waals surface area contributed by atoms with Crippen molar-refractivity contribution in [3.8, 4) is 5.75 Å². The third kappa shape index (κ3) is 2.28. The lowest BCUT2D eigenvalue weighted by Gasteiger charge is -2.42. The van der Waals surface area contributed by atoms with Crippen LogP contribution in [0.2, 0.25) is 0 Å². The van der Waals surface area contributed by atoms with Gasteiger partial charge in [0.2, 0.25) is 0 Å². The Morgan fingerprint density at radius 3 is 2.65 bits per heavy atom. The molecule has 0 spiro atoms. The van der Waals surface area contributed by atoms with Crippen LogP contribution < -0.4 is 5.32 Å². The molecular formula is C14H19NO2. The van der Waals surface area contributed by atoms with Gasteiger partial charge in [0.05, 0.1) is 0 Å². The molecule has 0 aromatic heterocycles. The smallest absolute Gasteiger partial charge is 0.251 e. The number of phenolic OH excluding ortho intramolecular Hbond substituents is 1. The van der Waals surface area contributed by atoms with E-state index in [0.29, 0.717) is 5.56 Å². The van der Waals surface area contributed by atoms with Gasteiger partial charge in [0.1, 0.15) is 5.75 Å². The second-order valence-corrected chi connectivity index (χ2v) is 4.94. The number of carbonyl (C=O) groups excluding carboxylic acids is 1. The third-order valence-electron chi connectivity index (χ3n) is 3.84. The summed E-state index contributed by atoms with van der Waals surface area (Å²) in [5.41, 5.74) is 1.32. The number of benzene rings is 1. The molecule has 1 aromatic rings.